The van der Waals surface area contributed by atoms with Gasteiger partial charge < -0.3 is 23.9 Å². The Labute approximate surface area is 157 Å². The molecule has 7 nitrogen and oxygen atoms in total. The molecule has 2 aromatic rings. The van der Waals surface area contributed by atoms with E-state index in [1.54, 1.807) is 38.2 Å². The number of aryl methyl sites for hydroxylation is 1. The van der Waals surface area contributed by atoms with E-state index in [0.29, 0.717) is 30.2 Å². The van der Waals surface area contributed by atoms with Gasteiger partial charge in [0.2, 0.25) is 0 Å². The van der Waals surface area contributed by atoms with Crippen molar-refractivity contribution in [1.29, 1.82) is 0 Å². The molecule has 0 radical (unpaired) electrons. The third kappa shape index (κ3) is 3.92. The topological polar surface area (TPSA) is 89.2 Å². The van der Waals surface area contributed by atoms with E-state index in [4.69, 9.17) is 13.9 Å². The molecule has 0 unspecified atom stereocenters. The van der Waals surface area contributed by atoms with Crippen LogP contribution in [0.4, 0.5) is 0 Å². The number of furan rings is 1. The minimum Gasteiger partial charge on any atom is -0.497 e. The number of carboxylic acid groups (broad SMARTS) is 1. The van der Waals surface area contributed by atoms with Crippen molar-refractivity contribution in [2.45, 2.75) is 38.8 Å². The molecule has 27 heavy (non-hydrogen) atoms. The smallest absolute Gasteiger partial charge is 0.339 e. The van der Waals surface area contributed by atoms with E-state index >= 15 is 0 Å². The van der Waals surface area contributed by atoms with Gasteiger partial charge in [0.1, 0.15) is 22.8 Å². The summed E-state index contributed by atoms with van der Waals surface area (Å²) in [4.78, 5) is 26.1. The van der Waals surface area contributed by atoms with Gasteiger partial charge in [-0.25, -0.2) is 4.79 Å². The van der Waals surface area contributed by atoms with Gasteiger partial charge in [0.05, 0.1) is 20.8 Å². The van der Waals surface area contributed by atoms with Crippen LogP contribution in [0.5, 0.6) is 11.5 Å². The van der Waals surface area contributed by atoms with Crippen molar-refractivity contribution < 1.29 is 28.6 Å². The lowest BCUT2D eigenvalue weighted by Gasteiger charge is -2.23. The van der Waals surface area contributed by atoms with Crippen LogP contribution in [0.25, 0.3) is 0 Å². The van der Waals surface area contributed by atoms with Crippen LogP contribution in [0, 0.1) is 0 Å². The van der Waals surface area contributed by atoms with Crippen molar-refractivity contribution in [1.82, 2.24) is 4.90 Å². The summed E-state index contributed by atoms with van der Waals surface area (Å²) in [6, 6.07) is 6.86. The van der Waals surface area contributed by atoms with Crippen molar-refractivity contribution in [3.05, 3.63) is 46.9 Å². The number of nitrogens with zero attached hydrogens (tertiary/aromatic N) is 1. The van der Waals surface area contributed by atoms with Crippen LogP contribution < -0.4 is 9.47 Å². The Balaban J connectivity index is 1.91. The number of aromatic carboxylic acids is 1. The number of carbonyl (C=O) groups is 2. The van der Waals surface area contributed by atoms with Gasteiger partial charge in [-0.2, -0.15) is 0 Å². The van der Waals surface area contributed by atoms with Gasteiger partial charge in [0.15, 0.2) is 5.76 Å². The Bertz CT molecular complexity index is 852. The standard InChI is InChI=1S/C20H23NO6/c1-4-16-15(20(23)24)10-18(27-16)19(22)21(13-5-6-13)11-12-9-14(25-2)7-8-17(12)26-3/h7-10,13H,4-6,11H2,1-3H3,(H,23,24). The van der Waals surface area contributed by atoms with Crippen LogP contribution >= 0.6 is 0 Å². The molecule has 1 aliphatic carbocycles. The molecule has 1 aromatic carbocycles. The van der Waals surface area contributed by atoms with Gasteiger partial charge in [-0.1, -0.05) is 6.92 Å². The number of methoxy groups -OCH3 is 2. The van der Waals surface area contributed by atoms with Crippen molar-refractivity contribution in [3.8, 4) is 11.5 Å². The molecular weight excluding hydrogens is 350 g/mol. The fraction of sp³-hybridized carbons (Fsp3) is 0.400. The number of ether oxygens (including phenoxy) is 2. The highest BCUT2D eigenvalue weighted by Crippen LogP contribution is 2.33. The highest BCUT2D eigenvalue weighted by molar-refractivity contribution is 5.96. The minimum absolute atomic E-state index is 0.0376. The zero-order valence-electron chi connectivity index (χ0n) is 15.7. The molecule has 0 aliphatic heterocycles. The highest BCUT2D eigenvalue weighted by atomic mass is 16.5. The molecule has 0 spiro atoms. The summed E-state index contributed by atoms with van der Waals surface area (Å²) >= 11 is 0. The Morgan fingerprint density at radius 1 is 1.22 bits per heavy atom. The van der Waals surface area contributed by atoms with Crippen LogP contribution in [0.2, 0.25) is 0 Å². The summed E-state index contributed by atoms with van der Waals surface area (Å²) in [6.07, 6.45) is 2.22. The van der Waals surface area contributed by atoms with Crippen molar-refractivity contribution >= 4 is 11.9 Å². The summed E-state index contributed by atoms with van der Waals surface area (Å²) in [7, 11) is 3.16. The maximum absolute atomic E-state index is 13.1. The maximum Gasteiger partial charge on any atom is 0.339 e. The second-order valence-corrected chi connectivity index (χ2v) is 6.45. The second kappa shape index (κ2) is 7.73. The number of hydrogen-bond acceptors (Lipinski definition) is 5. The molecule has 1 aromatic heterocycles. The van der Waals surface area contributed by atoms with Crippen LogP contribution in [-0.2, 0) is 13.0 Å². The van der Waals surface area contributed by atoms with E-state index in [2.05, 4.69) is 0 Å². The SMILES string of the molecule is CCc1oc(C(=O)N(Cc2cc(OC)ccc2OC)C2CC2)cc1C(=O)O. The van der Waals surface area contributed by atoms with Gasteiger partial charge >= 0.3 is 5.97 Å². The average Bonchev–Trinajstić information content (AvgIpc) is 3.42. The van der Waals surface area contributed by atoms with Crippen molar-refractivity contribution in [2.24, 2.45) is 0 Å². The first kappa shape index (κ1) is 18.8. The summed E-state index contributed by atoms with van der Waals surface area (Å²) in [5.74, 6) is 0.285. The average molecular weight is 373 g/mol. The minimum atomic E-state index is -1.10. The molecule has 144 valence electrons. The molecule has 0 bridgehead atoms. The fourth-order valence-electron chi connectivity index (χ4n) is 3.06. The monoisotopic (exact) mass is 373 g/mol. The zero-order valence-corrected chi connectivity index (χ0v) is 15.7. The van der Waals surface area contributed by atoms with Crippen LogP contribution in [-0.4, -0.2) is 42.1 Å². The van der Waals surface area contributed by atoms with E-state index < -0.39 is 5.97 Å². The molecule has 7 heteroatoms. The normalized spacial score (nSPS) is 13.3. The summed E-state index contributed by atoms with van der Waals surface area (Å²) in [5.41, 5.74) is 0.855. The van der Waals surface area contributed by atoms with E-state index in [0.717, 1.165) is 18.4 Å². The van der Waals surface area contributed by atoms with E-state index in [-0.39, 0.29) is 23.3 Å². The maximum atomic E-state index is 13.1. The number of carboxylic acids is 1. The largest absolute Gasteiger partial charge is 0.497 e. The third-order valence-electron chi connectivity index (χ3n) is 4.65. The Morgan fingerprint density at radius 3 is 2.48 bits per heavy atom. The number of benzene rings is 1. The van der Waals surface area contributed by atoms with Gasteiger partial charge in [-0.3, -0.25) is 4.79 Å². The third-order valence-corrected chi connectivity index (χ3v) is 4.65. The number of carbonyl (C=O) groups excluding carboxylic acids is 1. The first-order valence-electron chi connectivity index (χ1n) is 8.86. The molecule has 1 fully saturated rings. The summed E-state index contributed by atoms with van der Waals surface area (Å²) < 4.78 is 16.2. The predicted molar refractivity (Wildman–Crippen MR) is 97.5 cm³/mol. The molecule has 0 atom stereocenters. The highest BCUT2D eigenvalue weighted by Gasteiger charge is 2.35. The van der Waals surface area contributed by atoms with E-state index in [9.17, 15) is 14.7 Å². The van der Waals surface area contributed by atoms with Gasteiger partial charge in [0.25, 0.3) is 5.91 Å². The number of hydrogen-bond donors (Lipinski definition) is 1. The van der Waals surface area contributed by atoms with E-state index in [1.807, 2.05) is 6.07 Å². The molecule has 1 N–H and O–H groups in total. The molecule has 1 heterocycles. The Hall–Kier alpha value is -2.96. The van der Waals surface area contributed by atoms with Gasteiger partial charge in [0, 0.05) is 24.1 Å². The molecule has 1 amide bonds. The quantitative estimate of drug-likeness (QED) is 0.763. The molecule has 1 saturated carbocycles. The lowest BCUT2D eigenvalue weighted by molar-refractivity contribution is 0.0684. The predicted octanol–water partition coefficient (Wildman–Crippen LogP) is 3.36. The number of rotatable bonds is 8. The molecule has 3 rings (SSSR count). The molecule has 0 saturated heterocycles. The lowest BCUT2D eigenvalue weighted by Crippen LogP contribution is -2.32. The van der Waals surface area contributed by atoms with Gasteiger partial charge in [-0.05, 0) is 31.0 Å². The fourth-order valence-corrected chi connectivity index (χ4v) is 3.06. The molecule has 1 aliphatic rings. The second-order valence-electron chi connectivity index (χ2n) is 6.45. The van der Waals surface area contributed by atoms with Gasteiger partial charge in [-0.15, -0.1) is 0 Å². The summed E-state index contributed by atoms with van der Waals surface area (Å²) in [5, 5.41) is 9.30. The zero-order chi connectivity index (χ0) is 19.6. The summed E-state index contributed by atoms with van der Waals surface area (Å²) in [6.45, 7) is 2.12. The van der Waals surface area contributed by atoms with Crippen LogP contribution in [0.1, 0.15) is 52.0 Å². The molecular formula is C20H23NO6. The Kier molecular flexibility index (Phi) is 5.39. The lowest BCUT2D eigenvalue weighted by atomic mass is 10.1. The van der Waals surface area contributed by atoms with Crippen molar-refractivity contribution in [3.63, 3.8) is 0 Å². The van der Waals surface area contributed by atoms with Crippen LogP contribution in [0.15, 0.2) is 28.7 Å². The first-order chi connectivity index (χ1) is 13.0. The van der Waals surface area contributed by atoms with E-state index in [1.165, 1.54) is 6.07 Å². The Morgan fingerprint density at radius 2 is 1.96 bits per heavy atom. The number of amides is 1. The first-order valence-corrected chi connectivity index (χ1v) is 8.86. The van der Waals surface area contributed by atoms with Crippen LogP contribution in [0.3, 0.4) is 0 Å². The van der Waals surface area contributed by atoms with Crippen molar-refractivity contribution in [2.75, 3.05) is 14.2 Å².